The Morgan fingerprint density at radius 2 is 2.24 bits per heavy atom. The number of aromatic nitrogens is 3. The fraction of sp³-hybridized carbons (Fsp3) is 0.300. The van der Waals surface area contributed by atoms with Crippen molar-refractivity contribution in [2.75, 3.05) is 6.54 Å². The van der Waals surface area contributed by atoms with Gasteiger partial charge in [0.2, 0.25) is 18.0 Å². The van der Waals surface area contributed by atoms with E-state index in [-0.39, 0.29) is 11.4 Å². The Morgan fingerprint density at radius 1 is 1.41 bits per heavy atom. The predicted octanol–water partition coefficient (Wildman–Crippen LogP) is 1.91. The molecule has 29 heavy (non-hydrogen) atoms. The molecular formula is C20H20N4O3S2. The van der Waals surface area contributed by atoms with E-state index in [1.54, 1.807) is 6.92 Å². The molecule has 7 nitrogen and oxygen atoms in total. The third-order valence-electron chi connectivity index (χ3n) is 4.87. The van der Waals surface area contributed by atoms with Gasteiger partial charge in [0.05, 0.1) is 28.2 Å². The standard InChI is InChI=1S/C20H20N4O3S2/c1-12-19(29-13(2)22-12)17(25)15-16(14-5-3-10-28-14)24(20(27)18(15)26)8-4-7-23-9-6-21-11-23/h3,5-6,9-11,16H,4,7-8H2,1-2H3,(H,25,26). The summed E-state index contributed by atoms with van der Waals surface area (Å²) in [6.45, 7) is 4.67. The summed E-state index contributed by atoms with van der Waals surface area (Å²) in [5.41, 5.74) is 0.635. The largest absolute Gasteiger partial charge is 0.868 e. The van der Waals surface area contributed by atoms with Crippen molar-refractivity contribution in [2.24, 2.45) is 0 Å². The molecule has 1 unspecified atom stereocenters. The lowest BCUT2D eigenvalue weighted by Crippen LogP contribution is -2.37. The number of aryl methyl sites for hydroxylation is 3. The van der Waals surface area contributed by atoms with Crippen LogP contribution in [0, 0.1) is 13.8 Å². The van der Waals surface area contributed by atoms with Crippen LogP contribution in [-0.2, 0) is 11.3 Å². The van der Waals surface area contributed by atoms with Gasteiger partial charge in [-0.2, -0.15) is 0 Å². The number of aromatic amines is 1. The highest BCUT2D eigenvalue weighted by Crippen LogP contribution is 2.40. The fourth-order valence-electron chi connectivity index (χ4n) is 3.59. The zero-order chi connectivity index (χ0) is 20.5. The summed E-state index contributed by atoms with van der Waals surface area (Å²) in [6, 6.07) is 3.10. The maximum absolute atomic E-state index is 13.3. The Bertz CT molecular complexity index is 1070. The summed E-state index contributed by atoms with van der Waals surface area (Å²) in [7, 11) is 0. The van der Waals surface area contributed by atoms with Gasteiger partial charge >= 0.3 is 0 Å². The van der Waals surface area contributed by atoms with E-state index in [2.05, 4.69) is 9.97 Å². The minimum absolute atomic E-state index is 0.0403. The Kier molecular flexibility index (Phi) is 5.33. The van der Waals surface area contributed by atoms with Crippen LogP contribution in [0.3, 0.4) is 0 Å². The second-order valence-electron chi connectivity index (χ2n) is 6.84. The summed E-state index contributed by atoms with van der Waals surface area (Å²) in [4.78, 5) is 36.2. The molecule has 0 fully saturated rings. The average Bonchev–Trinajstić information content (AvgIpc) is 3.47. The van der Waals surface area contributed by atoms with Gasteiger partial charge in [-0.25, -0.2) is 9.55 Å². The van der Waals surface area contributed by atoms with Crippen molar-refractivity contribution in [1.82, 2.24) is 14.9 Å². The number of nitrogens with one attached hydrogen (secondary N) is 1. The van der Waals surface area contributed by atoms with E-state index in [0.717, 1.165) is 9.88 Å². The van der Waals surface area contributed by atoms with Gasteiger partial charge in [-0.15, -0.1) is 22.7 Å². The van der Waals surface area contributed by atoms with Gasteiger partial charge in [0.1, 0.15) is 12.4 Å². The molecule has 4 heterocycles. The van der Waals surface area contributed by atoms with E-state index < -0.39 is 17.7 Å². The molecule has 4 rings (SSSR count). The topological polar surface area (TPSA) is 93.0 Å². The summed E-state index contributed by atoms with van der Waals surface area (Å²) in [5.74, 6) is -1.69. The smallest absolute Gasteiger partial charge is 0.241 e. The van der Waals surface area contributed by atoms with Gasteiger partial charge in [-0.3, -0.25) is 14.6 Å². The number of carbonyl (C=O) groups is 2. The Balaban J connectivity index is 1.65. The molecule has 1 aliphatic heterocycles. The number of thiazole rings is 1. The molecule has 0 aromatic carbocycles. The third-order valence-corrected chi connectivity index (χ3v) is 6.87. The van der Waals surface area contributed by atoms with Gasteiger partial charge in [0.25, 0.3) is 0 Å². The van der Waals surface area contributed by atoms with E-state index in [0.29, 0.717) is 30.1 Å². The van der Waals surface area contributed by atoms with Crippen LogP contribution in [0.5, 0.6) is 0 Å². The molecule has 1 N–H and O–H groups in total. The van der Waals surface area contributed by atoms with Gasteiger partial charge < -0.3 is 10.0 Å². The molecule has 1 amide bonds. The molecule has 3 aromatic rings. The van der Waals surface area contributed by atoms with Crippen molar-refractivity contribution in [2.45, 2.75) is 32.9 Å². The fourth-order valence-corrected chi connectivity index (χ4v) is 5.31. The molecule has 150 valence electrons. The number of thiophene rings is 1. The van der Waals surface area contributed by atoms with Crippen LogP contribution in [0.25, 0.3) is 0 Å². The summed E-state index contributed by atoms with van der Waals surface area (Å²) in [5, 5.41) is 15.5. The second-order valence-corrected chi connectivity index (χ2v) is 9.02. The Morgan fingerprint density at radius 3 is 2.86 bits per heavy atom. The number of Topliss-reactive ketones (excluding diaryl/α,β-unsaturated/α-hetero) is 1. The quantitative estimate of drug-likeness (QED) is 0.460. The van der Waals surface area contributed by atoms with Crippen molar-refractivity contribution >= 4 is 34.4 Å². The molecule has 0 bridgehead atoms. The average molecular weight is 429 g/mol. The first-order valence-electron chi connectivity index (χ1n) is 9.23. The number of amides is 1. The van der Waals surface area contributed by atoms with Gasteiger partial charge in [-0.05, 0) is 31.1 Å². The van der Waals surface area contributed by atoms with Crippen LogP contribution in [-0.4, -0.2) is 33.1 Å². The Hall–Kier alpha value is -2.78. The first kappa shape index (κ1) is 19.5. The van der Waals surface area contributed by atoms with Crippen LogP contribution < -0.4 is 9.67 Å². The highest BCUT2D eigenvalue weighted by atomic mass is 32.1. The number of ketones is 1. The van der Waals surface area contributed by atoms with Crippen molar-refractivity contribution in [3.63, 3.8) is 0 Å². The third kappa shape index (κ3) is 3.63. The van der Waals surface area contributed by atoms with Crippen LogP contribution in [0.15, 0.2) is 47.6 Å². The first-order valence-corrected chi connectivity index (χ1v) is 10.9. The van der Waals surface area contributed by atoms with Crippen LogP contribution in [0.2, 0.25) is 0 Å². The number of carbonyl (C=O) groups excluding carboxylic acids is 2. The van der Waals surface area contributed by atoms with Crippen molar-refractivity contribution in [3.05, 3.63) is 68.0 Å². The van der Waals surface area contributed by atoms with Crippen LogP contribution in [0.4, 0.5) is 0 Å². The molecule has 9 heteroatoms. The molecule has 3 aromatic heterocycles. The maximum atomic E-state index is 13.3. The molecule has 0 saturated carbocycles. The number of hydrogen-bond acceptors (Lipinski definition) is 6. The number of nitrogens with zero attached hydrogens (tertiary/aromatic N) is 3. The van der Waals surface area contributed by atoms with Crippen molar-refractivity contribution in [3.8, 4) is 0 Å². The van der Waals surface area contributed by atoms with Crippen molar-refractivity contribution < 1.29 is 19.3 Å². The van der Waals surface area contributed by atoms with E-state index in [9.17, 15) is 14.7 Å². The minimum Gasteiger partial charge on any atom is -0.868 e. The molecule has 1 atom stereocenters. The zero-order valence-electron chi connectivity index (χ0n) is 16.0. The van der Waals surface area contributed by atoms with Gasteiger partial charge in [-0.1, -0.05) is 6.07 Å². The van der Waals surface area contributed by atoms with Crippen molar-refractivity contribution in [1.29, 1.82) is 0 Å². The molecular weight excluding hydrogens is 408 g/mol. The van der Waals surface area contributed by atoms with Crippen LogP contribution >= 0.6 is 22.7 Å². The molecule has 0 radical (unpaired) electrons. The number of hydrogen-bond donors (Lipinski definition) is 1. The monoisotopic (exact) mass is 428 g/mol. The Labute approximate surface area is 176 Å². The highest BCUT2D eigenvalue weighted by molar-refractivity contribution is 7.14. The lowest BCUT2D eigenvalue weighted by atomic mass is 10.00. The van der Waals surface area contributed by atoms with E-state index in [4.69, 9.17) is 0 Å². The number of H-pyrrole nitrogens is 1. The summed E-state index contributed by atoms with van der Waals surface area (Å²) >= 11 is 2.71. The maximum Gasteiger partial charge on any atom is 0.241 e. The highest BCUT2D eigenvalue weighted by Gasteiger charge is 2.40. The normalized spacial score (nSPS) is 16.8. The van der Waals surface area contributed by atoms with E-state index in [1.807, 2.05) is 47.7 Å². The van der Waals surface area contributed by atoms with Gasteiger partial charge in [0, 0.05) is 23.4 Å². The van der Waals surface area contributed by atoms with Crippen LogP contribution in [0.1, 0.15) is 37.7 Å². The first-order chi connectivity index (χ1) is 14.0. The lowest BCUT2D eigenvalue weighted by molar-refractivity contribution is -0.695. The summed E-state index contributed by atoms with van der Waals surface area (Å²) in [6.07, 6.45) is 6.24. The lowest BCUT2D eigenvalue weighted by Gasteiger charge is -2.26. The van der Waals surface area contributed by atoms with E-state index >= 15 is 0 Å². The number of rotatable bonds is 7. The predicted molar refractivity (Wildman–Crippen MR) is 107 cm³/mol. The van der Waals surface area contributed by atoms with Gasteiger partial charge in [0.15, 0.2) is 0 Å². The second kappa shape index (κ2) is 7.92. The zero-order valence-corrected chi connectivity index (χ0v) is 17.7. The molecule has 0 spiro atoms. The van der Waals surface area contributed by atoms with E-state index in [1.165, 1.54) is 27.6 Å². The number of imidazole rings is 1. The molecule has 0 aliphatic carbocycles. The SMILES string of the molecule is Cc1nc(C)c(C(=O)C2=C([O-])C(=O)N(CCC[n+]3cc[nH]c3)C2c2cccs2)s1. The molecule has 1 aliphatic rings. The minimum atomic E-state index is -0.701. The summed E-state index contributed by atoms with van der Waals surface area (Å²) < 4.78 is 1.97. The molecule has 0 saturated heterocycles.